The summed E-state index contributed by atoms with van der Waals surface area (Å²) in [5.41, 5.74) is 1.88. The van der Waals surface area contributed by atoms with E-state index in [0.717, 1.165) is 19.1 Å². The number of hydrogen-bond donors (Lipinski definition) is 1. The highest BCUT2D eigenvalue weighted by Crippen LogP contribution is 2.30. The maximum atomic E-state index is 14.2. The highest BCUT2D eigenvalue weighted by molar-refractivity contribution is 7.89. The molecule has 1 aromatic heterocycles. The fourth-order valence-corrected chi connectivity index (χ4v) is 3.44. The third-order valence-corrected chi connectivity index (χ3v) is 5.40. The first-order chi connectivity index (χ1) is 15.7. The number of hydrogen-bond acceptors (Lipinski definition) is 7. The molecule has 0 radical (unpaired) electrons. The van der Waals surface area contributed by atoms with Crippen molar-refractivity contribution in [1.29, 1.82) is 0 Å². The topological polar surface area (TPSA) is 107 Å². The van der Waals surface area contributed by atoms with Crippen LogP contribution in [0.15, 0.2) is 54.9 Å². The minimum atomic E-state index is -3.64. The molecule has 0 aliphatic heterocycles. The number of amides is 1. The lowest BCUT2D eigenvalue weighted by molar-refractivity contribution is 0.0981. The van der Waals surface area contributed by atoms with Gasteiger partial charge in [0.15, 0.2) is 0 Å². The summed E-state index contributed by atoms with van der Waals surface area (Å²) in [7, 11) is -3.64. The van der Waals surface area contributed by atoms with Crippen LogP contribution in [0.5, 0.6) is 11.6 Å². The van der Waals surface area contributed by atoms with Crippen molar-refractivity contribution >= 4 is 15.9 Å². The van der Waals surface area contributed by atoms with Gasteiger partial charge in [0.25, 0.3) is 5.91 Å². The van der Waals surface area contributed by atoms with E-state index in [-0.39, 0.29) is 12.2 Å². The molecule has 172 valence electrons. The van der Waals surface area contributed by atoms with Gasteiger partial charge in [-0.1, -0.05) is 12.1 Å². The fraction of sp³-hybridized carbons (Fsp3) is 0.261. The van der Waals surface area contributed by atoms with Crippen molar-refractivity contribution < 1.29 is 27.1 Å². The van der Waals surface area contributed by atoms with E-state index in [1.54, 1.807) is 18.2 Å². The molecule has 1 N–H and O–H groups in total. The molecule has 33 heavy (non-hydrogen) atoms. The second-order valence-corrected chi connectivity index (χ2v) is 9.61. The summed E-state index contributed by atoms with van der Waals surface area (Å²) in [6, 6.07) is 10.5. The Labute approximate surface area is 190 Å². The molecule has 1 aliphatic rings. The van der Waals surface area contributed by atoms with Crippen LogP contribution in [-0.2, 0) is 16.6 Å². The Morgan fingerprint density at radius 1 is 1.12 bits per heavy atom. The van der Waals surface area contributed by atoms with Crippen LogP contribution < -0.4 is 14.2 Å². The number of halogens is 1. The van der Waals surface area contributed by atoms with E-state index in [9.17, 15) is 17.6 Å². The molecular formula is C23H22FN3O5S. The number of sulfonamides is 1. The van der Waals surface area contributed by atoms with E-state index in [1.807, 2.05) is 4.72 Å². The molecule has 8 nitrogen and oxygen atoms in total. The van der Waals surface area contributed by atoms with Crippen LogP contribution in [0.25, 0.3) is 11.3 Å². The first-order valence-corrected chi connectivity index (χ1v) is 12.1. The summed E-state index contributed by atoms with van der Waals surface area (Å²) >= 11 is 0. The van der Waals surface area contributed by atoms with Crippen LogP contribution in [0.1, 0.15) is 28.8 Å². The van der Waals surface area contributed by atoms with E-state index in [0.29, 0.717) is 41.0 Å². The number of nitrogens with zero attached hydrogens (tertiary/aromatic N) is 2. The van der Waals surface area contributed by atoms with Crippen LogP contribution in [0.3, 0.4) is 0 Å². The largest absolute Gasteiger partial charge is 0.489 e. The molecule has 10 heteroatoms. The van der Waals surface area contributed by atoms with Crippen LogP contribution in [0.2, 0.25) is 0 Å². The van der Waals surface area contributed by atoms with Gasteiger partial charge in [0.2, 0.25) is 15.9 Å². The third kappa shape index (κ3) is 6.72. The van der Waals surface area contributed by atoms with Crippen LogP contribution in [0, 0.1) is 11.7 Å². The lowest BCUT2D eigenvalue weighted by Gasteiger charge is -2.10. The van der Waals surface area contributed by atoms with E-state index in [1.165, 1.54) is 36.7 Å². The van der Waals surface area contributed by atoms with Gasteiger partial charge in [-0.15, -0.1) is 0 Å². The zero-order chi connectivity index (χ0) is 23.4. The molecule has 1 saturated carbocycles. The Hall–Kier alpha value is -3.53. The van der Waals surface area contributed by atoms with Crippen molar-refractivity contribution in [3.05, 3.63) is 71.8 Å². The van der Waals surface area contributed by atoms with Gasteiger partial charge in [0.05, 0.1) is 31.0 Å². The average molecular weight is 472 g/mol. The monoisotopic (exact) mass is 471 g/mol. The van der Waals surface area contributed by atoms with E-state index in [2.05, 4.69) is 9.97 Å². The molecule has 0 saturated heterocycles. The lowest BCUT2D eigenvalue weighted by atomic mass is 10.1. The minimum absolute atomic E-state index is 0.118. The Bertz CT molecular complexity index is 1260. The highest BCUT2D eigenvalue weighted by atomic mass is 32.2. The number of benzene rings is 2. The van der Waals surface area contributed by atoms with Crippen molar-refractivity contribution in [2.24, 2.45) is 5.92 Å². The van der Waals surface area contributed by atoms with Crippen LogP contribution in [0.4, 0.5) is 4.39 Å². The zero-order valence-corrected chi connectivity index (χ0v) is 18.6. The normalized spacial score (nSPS) is 13.4. The maximum Gasteiger partial charge on any atom is 0.264 e. The van der Waals surface area contributed by atoms with Gasteiger partial charge in [0.1, 0.15) is 18.2 Å². The predicted octanol–water partition coefficient (Wildman–Crippen LogP) is 3.34. The molecule has 1 heterocycles. The van der Waals surface area contributed by atoms with Crippen molar-refractivity contribution in [3.63, 3.8) is 0 Å². The fourth-order valence-electron chi connectivity index (χ4n) is 2.98. The molecular weight excluding hydrogens is 449 g/mol. The molecule has 2 aromatic carbocycles. The summed E-state index contributed by atoms with van der Waals surface area (Å²) in [5.74, 6) is 0.0690. The number of aromatic nitrogens is 2. The molecule has 1 fully saturated rings. The van der Waals surface area contributed by atoms with Gasteiger partial charge in [0, 0.05) is 17.2 Å². The average Bonchev–Trinajstić information content (AvgIpc) is 3.60. The zero-order valence-electron chi connectivity index (χ0n) is 17.8. The number of nitrogens with one attached hydrogen (secondary N) is 1. The smallest absolute Gasteiger partial charge is 0.264 e. The Morgan fingerprint density at radius 3 is 2.58 bits per heavy atom. The molecule has 1 aliphatic carbocycles. The standard InChI is InChI=1S/C23H22FN3O5S/c1-33(29,30)27-23(28)17-6-4-16(5-7-17)13-31-20-9-18(8-19(24)10-20)21-11-25-12-22(26-21)32-14-15-2-3-15/h4-12,15H,2-3,13-14H2,1H3,(H,27,28). The van der Waals surface area contributed by atoms with Gasteiger partial charge in [-0.2, -0.15) is 0 Å². The van der Waals surface area contributed by atoms with E-state index >= 15 is 0 Å². The lowest BCUT2D eigenvalue weighted by Crippen LogP contribution is -2.29. The van der Waals surface area contributed by atoms with Gasteiger partial charge in [-0.25, -0.2) is 22.5 Å². The van der Waals surface area contributed by atoms with Gasteiger partial charge in [-0.3, -0.25) is 9.78 Å². The molecule has 0 unspecified atom stereocenters. The second kappa shape index (κ2) is 9.53. The summed E-state index contributed by atoms with van der Waals surface area (Å²) in [6.45, 7) is 0.720. The predicted molar refractivity (Wildman–Crippen MR) is 119 cm³/mol. The van der Waals surface area contributed by atoms with Gasteiger partial charge >= 0.3 is 0 Å². The molecule has 1 amide bonds. The third-order valence-electron chi connectivity index (χ3n) is 4.84. The quantitative estimate of drug-likeness (QED) is 0.510. The first-order valence-electron chi connectivity index (χ1n) is 10.2. The van der Waals surface area contributed by atoms with Gasteiger partial charge < -0.3 is 9.47 Å². The summed E-state index contributed by atoms with van der Waals surface area (Å²) < 4.78 is 49.9. The molecule has 4 rings (SSSR count). The minimum Gasteiger partial charge on any atom is -0.489 e. The Kier molecular flexibility index (Phi) is 6.55. The number of ether oxygens (including phenoxy) is 2. The molecule has 0 spiro atoms. The summed E-state index contributed by atoms with van der Waals surface area (Å²) in [4.78, 5) is 20.4. The van der Waals surface area contributed by atoms with Crippen molar-refractivity contribution in [1.82, 2.24) is 14.7 Å². The Balaban J connectivity index is 1.42. The number of carbonyl (C=O) groups excluding carboxylic acids is 1. The first kappa shape index (κ1) is 22.7. The second-order valence-electron chi connectivity index (χ2n) is 7.86. The van der Waals surface area contributed by atoms with Gasteiger partial charge in [-0.05, 0) is 48.6 Å². The van der Waals surface area contributed by atoms with Crippen LogP contribution >= 0.6 is 0 Å². The number of rotatable bonds is 9. The number of carbonyl (C=O) groups is 1. The van der Waals surface area contributed by atoms with E-state index in [4.69, 9.17) is 9.47 Å². The van der Waals surface area contributed by atoms with Crippen molar-refractivity contribution in [3.8, 4) is 22.9 Å². The van der Waals surface area contributed by atoms with Crippen LogP contribution in [-0.4, -0.2) is 37.2 Å². The Morgan fingerprint density at radius 2 is 1.88 bits per heavy atom. The van der Waals surface area contributed by atoms with Crippen molar-refractivity contribution in [2.45, 2.75) is 19.4 Å². The summed E-state index contributed by atoms with van der Waals surface area (Å²) in [6.07, 6.45) is 6.29. The summed E-state index contributed by atoms with van der Waals surface area (Å²) in [5, 5.41) is 0. The highest BCUT2D eigenvalue weighted by Gasteiger charge is 2.22. The SMILES string of the molecule is CS(=O)(=O)NC(=O)c1ccc(COc2cc(F)cc(-c3cncc(OCC4CC4)n3)c2)cc1. The molecule has 0 bridgehead atoms. The van der Waals surface area contributed by atoms with Crippen molar-refractivity contribution in [2.75, 3.05) is 12.9 Å². The maximum absolute atomic E-state index is 14.2. The molecule has 3 aromatic rings. The van der Waals surface area contributed by atoms with E-state index < -0.39 is 21.7 Å². The molecule has 0 atom stereocenters.